The van der Waals surface area contributed by atoms with Gasteiger partial charge >= 0.3 is 0 Å². The van der Waals surface area contributed by atoms with E-state index in [1.165, 1.54) is 19.3 Å². The van der Waals surface area contributed by atoms with Gasteiger partial charge in [-0.1, -0.05) is 34.1 Å². The topological polar surface area (TPSA) is 49.8 Å². The van der Waals surface area contributed by atoms with Gasteiger partial charge < -0.3 is 10.6 Å². The number of nitrogens with one attached hydrogen (secondary N) is 2. The molecular weight excluding hydrogens is 260 g/mol. The molecule has 0 saturated heterocycles. The minimum absolute atomic E-state index is 0.0440. The zero-order chi connectivity index (χ0) is 15.6. The lowest BCUT2D eigenvalue weighted by Crippen LogP contribution is -2.21. The minimum atomic E-state index is -0.0440. The molecule has 4 nitrogen and oxygen atoms in total. The molecule has 2 atom stereocenters. The molecule has 0 radical (unpaired) electrons. The number of hydrogen-bond acceptors (Lipinski definition) is 4. The first kappa shape index (κ1) is 16.1. The first-order valence-electron chi connectivity index (χ1n) is 8.12. The molecule has 118 valence electrons. The zero-order valence-electron chi connectivity index (χ0n) is 14.4. The number of rotatable bonds is 4. The predicted octanol–water partition coefficient (Wildman–Crippen LogP) is 3.97. The fourth-order valence-corrected chi connectivity index (χ4v) is 3.02. The molecule has 0 aliphatic heterocycles. The van der Waals surface area contributed by atoms with Crippen molar-refractivity contribution in [3.05, 3.63) is 11.4 Å². The molecule has 2 rings (SSSR count). The zero-order valence-corrected chi connectivity index (χ0v) is 14.4. The maximum Gasteiger partial charge on any atom is 0.138 e. The van der Waals surface area contributed by atoms with Gasteiger partial charge in [0.25, 0.3) is 0 Å². The third-order valence-corrected chi connectivity index (χ3v) is 4.42. The number of anilines is 2. The summed E-state index contributed by atoms with van der Waals surface area (Å²) in [6, 6.07) is 0. The molecule has 0 amide bonds. The average Bonchev–Trinajstić information content (AvgIpc) is 2.82. The lowest BCUT2D eigenvalue weighted by molar-refractivity contribution is 0.532. The molecular formula is C17H30N4. The van der Waals surface area contributed by atoms with Gasteiger partial charge in [-0.2, -0.15) is 0 Å². The fourth-order valence-electron chi connectivity index (χ4n) is 3.02. The summed E-state index contributed by atoms with van der Waals surface area (Å²) in [4.78, 5) is 9.42. The molecule has 1 fully saturated rings. The molecule has 1 heterocycles. The highest BCUT2D eigenvalue weighted by Gasteiger charge is 2.23. The van der Waals surface area contributed by atoms with Crippen molar-refractivity contribution in [2.24, 2.45) is 11.8 Å². The molecule has 4 heteroatoms. The average molecular weight is 290 g/mol. The van der Waals surface area contributed by atoms with Crippen LogP contribution in [0.4, 0.5) is 11.6 Å². The van der Waals surface area contributed by atoms with E-state index in [9.17, 15) is 0 Å². The Morgan fingerprint density at radius 2 is 1.81 bits per heavy atom. The van der Waals surface area contributed by atoms with Crippen LogP contribution in [0.15, 0.2) is 0 Å². The first-order valence-corrected chi connectivity index (χ1v) is 8.12. The Balaban J connectivity index is 2.17. The van der Waals surface area contributed by atoms with Crippen LogP contribution in [-0.2, 0) is 5.41 Å². The molecule has 1 saturated carbocycles. The van der Waals surface area contributed by atoms with Gasteiger partial charge in [-0.15, -0.1) is 0 Å². The van der Waals surface area contributed by atoms with Crippen LogP contribution >= 0.6 is 0 Å². The Labute approximate surface area is 129 Å². The lowest BCUT2D eigenvalue weighted by atomic mass is 9.95. The highest BCUT2D eigenvalue weighted by molar-refractivity contribution is 5.57. The summed E-state index contributed by atoms with van der Waals surface area (Å²) in [6.07, 6.45) is 4.04. The molecule has 21 heavy (non-hydrogen) atoms. The van der Waals surface area contributed by atoms with E-state index in [1.807, 2.05) is 7.05 Å². The summed E-state index contributed by atoms with van der Waals surface area (Å²) in [5, 5.41) is 6.76. The van der Waals surface area contributed by atoms with E-state index in [0.29, 0.717) is 0 Å². The third-order valence-electron chi connectivity index (χ3n) is 4.42. The third kappa shape index (κ3) is 3.86. The maximum absolute atomic E-state index is 4.77. The first-order chi connectivity index (χ1) is 9.81. The van der Waals surface area contributed by atoms with Gasteiger partial charge in [-0.05, 0) is 31.6 Å². The van der Waals surface area contributed by atoms with Crippen molar-refractivity contribution < 1.29 is 0 Å². The van der Waals surface area contributed by atoms with Gasteiger partial charge in [0.05, 0.1) is 0 Å². The van der Waals surface area contributed by atoms with Gasteiger partial charge in [0.1, 0.15) is 17.5 Å². The fraction of sp³-hybridized carbons (Fsp3) is 0.765. The van der Waals surface area contributed by atoms with Gasteiger partial charge in [0.15, 0.2) is 0 Å². The van der Waals surface area contributed by atoms with E-state index in [4.69, 9.17) is 4.98 Å². The van der Waals surface area contributed by atoms with Crippen molar-refractivity contribution in [2.45, 2.75) is 59.3 Å². The summed E-state index contributed by atoms with van der Waals surface area (Å²) in [5.74, 6) is 4.46. The number of nitrogens with zero attached hydrogens (tertiary/aromatic N) is 2. The molecule has 2 N–H and O–H groups in total. The summed E-state index contributed by atoms with van der Waals surface area (Å²) < 4.78 is 0. The quantitative estimate of drug-likeness (QED) is 0.881. The normalized spacial score (nSPS) is 22.4. The number of hydrogen-bond donors (Lipinski definition) is 2. The van der Waals surface area contributed by atoms with Crippen LogP contribution in [0.25, 0.3) is 0 Å². The summed E-state index contributed by atoms with van der Waals surface area (Å²) in [6.45, 7) is 11.9. The van der Waals surface area contributed by atoms with Gasteiger partial charge in [0, 0.05) is 24.6 Å². The van der Waals surface area contributed by atoms with Crippen LogP contribution in [0, 0.1) is 18.8 Å². The monoisotopic (exact) mass is 290 g/mol. The van der Waals surface area contributed by atoms with Crippen molar-refractivity contribution >= 4 is 11.6 Å². The van der Waals surface area contributed by atoms with Crippen LogP contribution in [0.5, 0.6) is 0 Å². The van der Waals surface area contributed by atoms with E-state index in [0.717, 1.165) is 41.4 Å². The summed E-state index contributed by atoms with van der Waals surface area (Å²) in [5.41, 5.74) is 1.06. The van der Waals surface area contributed by atoms with Crippen LogP contribution < -0.4 is 10.6 Å². The van der Waals surface area contributed by atoms with Crippen molar-refractivity contribution in [1.82, 2.24) is 9.97 Å². The van der Waals surface area contributed by atoms with Gasteiger partial charge in [0.2, 0.25) is 0 Å². The molecule has 0 bridgehead atoms. The molecule has 0 spiro atoms. The van der Waals surface area contributed by atoms with Crippen molar-refractivity contribution in [1.29, 1.82) is 0 Å². The molecule has 1 aliphatic rings. The van der Waals surface area contributed by atoms with Crippen LogP contribution in [0.2, 0.25) is 0 Å². The Morgan fingerprint density at radius 1 is 1.14 bits per heavy atom. The van der Waals surface area contributed by atoms with E-state index >= 15 is 0 Å². The molecule has 1 aromatic heterocycles. The van der Waals surface area contributed by atoms with Crippen molar-refractivity contribution in [3.8, 4) is 0 Å². The van der Waals surface area contributed by atoms with Crippen molar-refractivity contribution in [2.75, 3.05) is 24.2 Å². The second-order valence-corrected chi connectivity index (χ2v) is 7.53. The summed E-state index contributed by atoms with van der Waals surface area (Å²) >= 11 is 0. The second kappa shape index (κ2) is 6.20. The Hall–Kier alpha value is -1.32. The van der Waals surface area contributed by atoms with Crippen LogP contribution in [-0.4, -0.2) is 23.6 Å². The highest BCUT2D eigenvalue weighted by Crippen LogP contribution is 2.31. The smallest absolute Gasteiger partial charge is 0.138 e. The second-order valence-electron chi connectivity index (χ2n) is 7.53. The van der Waals surface area contributed by atoms with Crippen LogP contribution in [0.3, 0.4) is 0 Å². The molecule has 1 aliphatic carbocycles. The van der Waals surface area contributed by atoms with Gasteiger partial charge in [-0.3, -0.25) is 0 Å². The Morgan fingerprint density at radius 3 is 2.33 bits per heavy atom. The van der Waals surface area contributed by atoms with E-state index in [-0.39, 0.29) is 5.41 Å². The van der Waals surface area contributed by atoms with E-state index in [2.05, 4.69) is 50.2 Å². The SMILES string of the molecule is CNc1nc(C(C)(C)C)nc(NCC2CCC(C)C2)c1C. The van der Waals surface area contributed by atoms with E-state index < -0.39 is 0 Å². The molecule has 0 aromatic carbocycles. The standard InChI is InChI=1S/C17H30N4/c1-11-7-8-13(9-11)10-19-15-12(2)14(18-6)20-16(21-15)17(3,4)5/h11,13H,7-10H2,1-6H3,(H2,18,19,20,21). The lowest BCUT2D eigenvalue weighted by Gasteiger charge is -2.21. The number of aromatic nitrogens is 2. The largest absolute Gasteiger partial charge is 0.373 e. The van der Waals surface area contributed by atoms with E-state index in [1.54, 1.807) is 0 Å². The maximum atomic E-state index is 4.77. The van der Waals surface area contributed by atoms with Crippen LogP contribution in [0.1, 0.15) is 58.3 Å². The Bertz CT molecular complexity index is 490. The molecule has 2 unspecified atom stereocenters. The van der Waals surface area contributed by atoms with Gasteiger partial charge in [-0.25, -0.2) is 9.97 Å². The predicted molar refractivity (Wildman–Crippen MR) is 90.0 cm³/mol. The minimum Gasteiger partial charge on any atom is -0.373 e. The molecule has 1 aromatic rings. The highest BCUT2D eigenvalue weighted by atomic mass is 15.1. The summed E-state index contributed by atoms with van der Waals surface area (Å²) in [7, 11) is 1.92. The van der Waals surface area contributed by atoms with Crippen molar-refractivity contribution in [3.63, 3.8) is 0 Å². The Kier molecular flexibility index (Phi) is 4.74.